The van der Waals surface area contributed by atoms with E-state index in [0.717, 1.165) is 31.5 Å². The highest BCUT2D eigenvalue weighted by Crippen LogP contribution is 2.14. The van der Waals surface area contributed by atoms with Crippen molar-refractivity contribution in [2.45, 2.75) is 31.7 Å². The van der Waals surface area contributed by atoms with Gasteiger partial charge in [-0.2, -0.15) is 11.3 Å². The second kappa shape index (κ2) is 7.77. The molecule has 1 aromatic rings. The maximum absolute atomic E-state index is 12.1. The van der Waals surface area contributed by atoms with Crippen LogP contribution in [0.25, 0.3) is 0 Å². The van der Waals surface area contributed by atoms with Gasteiger partial charge in [0, 0.05) is 13.1 Å². The molecule has 1 atom stereocenters. The lowest BCUT2D eigenvalue weighted by atomic mass is 10.1. The number of hydrogen-bond donors (Lipinski definition) is 1. The van der Waals surface area contributed by atoms with E-state index in [0.29, 0.717) is 12.5 Å². The predicted molar refractivity (Wildman–Crippen MR) is 78.5 cm³/mol. The summed E-state index contributed by atoms with van der Waals surface area (Å²) < 4.78 is 0. The van der Waals surface area contributed by atoms with Crippen LogP contribution >= 0.6 is 23.7 Å². The summed E-state index contributed by atoms with van der Waals surface area (Å²) in [5.41, 5.74) is 1.14. The van der Waals surface area contributed by atoms with Gasteiger partial charge in [-0.05, 0) is 54.7 Å². The Bertz CT molecular complexity index is 348. The second-order valence-corrected chi connectivity index (χ2v) is 5.43. The molecule has 0 aliphatic carbocycles. The maximum Gasteiger partial charge on any atom is 0.227 e. The number of amides is 1. The van der Waals surface area contributed by atoms with Crippen LogP contribution in [0, 0.1) is 0 Å². The van der Waals surface area contributed by atoms with Crippen LogP contribution in [0.1, 0.15) is 24.8 Å². The third kappa shape index (κ3) is 4.26. The highest BCUT2D eigenvalue weighted by atomic mass is 35.5. The number of thiophene rings is 1. The van der Waals surface area contributed by atoms with Gasteiger partial charge in [0.1, 0.15) is 0 Å². The monoisotopic (exact) mass is 288 g/mol. The first kappa shape index (κ1) is 15.5. The van der Waals surface area contributed by atoms with Crippen LogP contribution < -0.4 is 5.32 Å². The highest BCUT2D eigenvalue weighted by Gasteiger charge is 2.20. The van der Waals surface area contributed by atoms with Crippen LogP contribution in [0.3, 0.4) is 0 Å². The smallest absolute Gasteiger partial charge is 0.227 e. The van der Waals surface area contributed by atoms with Crippen molar-refractivity contribution in [1.82, 2.24) is 10.2 Å². The zero-order valence-electron chi connectivity index (χ0n) is 10.7. The first-order valence-corrected chi connectivity index (χ1v) is 7.19. The van der Waals surface area contributed by atoms with Crippen molar-refractivity contribution in [3.05, 3.63) is 22.4 Å². The average molecular weight is 289 g/mol. The fraction of sp³-hybridized carbons (Fsp3) is 0.615. The van der Waals surface area contributed by atoms with Crippen molar-refractivity contribution in [3.63, 3.8) is 0 Å². The maximum atomic E-state index is 12.1. The summed E-state index contributed by atoms with van der Waals surface area (Å²) in [5.74, 6) is 0.246. The SMILES string of the molecule is CN(C(=O)Cc1ccsc1)C1CCCNCC1.Cl. The standard InChI is InChI=1S/C13H20N2OS.ClH/c1-15(12-3-2-6-14-7-4-12)13(16)9-11-5-8-17-10-11;/h5,8,10,12,14H,2-4,6-7,9H2,1H3;1H. The Balaban J connectivity index is 0.00000162. The molecular weight excluding hydrogens is 268 g/mol. The van der Waals surface area contributed by atoms with Crippen molar-refractivity contribution in [2.75, 3.05) is 20.1 Å². The Morgan fingerprint density at radius 2 is 2.33 bits per heavy atom. The van der Waals surface area contributed by atoms with E-state index in [9.17, 15) is 4.79 Å². The molecule has 1 fully saturated rings. The summed E-state index contributed by atoms with van der Waals surface area (Å²) in [7, 11) is 1.95. The lowest BCUT2D eigenvalue weighted by molar-refractivity contribution is -0.131. The number of likely N-dealkylation sites (N-methyl/N-ethyl adjacent to an activating group) is 1. The minimum atomic E-state index is 0. The van der Waals surface area contributed by atoms with Crippen molar-refractivity contribution in [2.24, 2.45) is 0 Å². The molecule has 0 aromatic carbocycles. The van der Waals surface area contributed by atoms with Crippen LogP contribution in [-0.4, -0.2) is 37.0 Å². The minimum absolute atomic E-state index is 0. The van der Waals surface area contributed by atoms with Gasteiger partial charge in [0.15, 0.2) is 0 Å². The first-order valence-electron chi connectivity index (χ1n) is 6.25. The van der Waals surface area contributed by atoms with E-state index in [1.807, 2.05) is 23.4 Å². The van der Waals surface area contributed by atoms with Crippen LogP contribution in [0.5, 0.6) is 0 Å². The number of nitrogens with zero attached hydrogens (tertiary/aromatic N) is 1. The normalized spacial score (nSPS) is 19.7. The van der Waals surface area contributed by atoms with Gasteiger partial charge in [-0.15, -0.1) is 12.4 Å². The van der Waals surface area contributed by atoms with Gasteiger partial charge in [0.2, 0.25) is 5.91 Å². The number of carbonyl (C=O) groups is 1. The Morgan fingerprint density at radius 1 is 1.50 bits per heavy atom. The van der Waals surface area contributed by atoms with E-state index in [-0.39, 0.29) is 18.3 Å². The van der Waals surface area contributed by atoms with Crippen LogP contribution in [0.2, 0.25) is 0 Å². The molecule has 0 bridgehead atoms. The zero-order chi connectivity index (χ0) is 12.1. The van der Waals surface area contributed by atoms with Gasteiger partial charge in [-0.3, -0.25) is 4.79 Å². The van der Waals surface area contributed by atoms with Crippen molar-refractivity contribution in [3.8, 4) is 0 Å². The molecule has 0 spiro atoms. The van der Waals surface area contributed by atoms with Gasteiger partial charge >= 0.3 is 0 Å². The molecule has 5 heteroatoms. The molecule has 18 heavy (non-hydrogen) atoms. The lowest BCUT2D eigenvalue weighted by Crippen LogP contribution is -2.38. The molecule has 1 N–H and O–H groups in total. The quantitative estimate of drug-likeness (QED) is 0.926. The molecule has 2 rings (SSSR count). The van der Waals surface area contributed by atoms with Gasteiger partial charge in [-0.25, -0.2) is 0 Å². The third-order valence-corrected chi connectivity index (χ3v) is 4.15. The topological polar surface area (TPSA) is 32.3 Å². The third-order valence-electron chi connectivity index (χ3n) is 3.42. The van der Waals surface area contributed by atoms with E-state index in [1.54, 1.807) is 11.3 Å². The van der Waals surface area contributed by atoms with Crippen molar-refractivity contribution >= 4 is 29.7 Å². The molecule has 1 aliphatic rings. The fourth-order valence-corrected chi connectivity index (χ4v) is 2.95. The second-order valence-electron chi connectivity index (χ2n) is 4.65. The van der Waals surface area contributed by atoms with E-state index in [4.69, 9.17) is 0 Å². The van der Waals surface area contributed by atoms with Crippen LogP contribution in [-0.2, 0) is 11.2 Å². The molecule has 1 unspecified atom stereocenters. The van der Waals surface area contributed by atoms with Gasteiger partial charge in [0.25, 0.3) is 0 Å². The van der Waals surface area contributed by atoms with E-state index in [2.05, 4.69) is 10.7 Å². The van der Waals surface area contributed by atoms with Crippen molar-refractivity contribution in [1.29, 1.82) is 0 Å². The first-order chi connectivity index (χ1) is 8.27. The number of carbonyl (C=O) groups excluding carboxylic acids is 1. The van der Waals surface area contributed by atoms with Crippen molar-refractivity contribution < 1.29 is 4.79 Å². The number of nitrogens with one attached hydrogen (secondary N) is 1. The van der Waals surface area contributed by atoms with Crippen LogP contribution in [0.15, 0.2) is 16.8 Å². The summed E-state index contributed by atoms with van der Waals surface area (Å²) in [6.45, 7) is 2.11. The number of rotatable bonds is 3. The summed E-state index contributed by atoms with van der Waals surface area (Å²) in [6, 6.07) is 2.45. The summed E-state index contributed by atoms with van der Waals surface area (Å²) in [6.07, 6.45) is 3.91. The average Bonchev–Trinajstić information content (AvgIpc) is 2.68. The molecule has 0 radical (unpaired) electrons. The molecule has 102 valence electrons. The summed E-state index contributed by atoms with van der Waals surface area (Å²) in [5, 5.41) is 7.46. The van der Waals surface area contributed by atoms with Gasteiger partial charge < -0.3 is 10.2 Å². The fourth-order valence-electron chi connectivity index (χ4n) is 2.28. The van der Waals surface area contributed by atoms with E-state index < -0.39 is 0 Å². The molecule has 3 nitrogen and oxygen atoms in total. The lowest BCUT2D eigenvalue weighted by Gasteiger charge is -2.27. The summed E-state index contributed by atoms with van der Waals surface area (Å²) in [4.78, 5) is 14.1. The summed E-state index contributed by atoms with van der Waals surface area (Å²) >= 11 is 1.65. The highest BCUT2D eigenvalue weighted by molar-refractivity contribution is 7.07. The molecule has 1 aliphatic heterocycles. The Labute approximate surface area is 119 Å². The van der Waals surface area contributed by atoms with Gasteiger partial charge in [0.05, 0.1) is 6.42 Å². The minimum Gasteiger partial charge on any atom is -0.342 e. The molecule has 2 heterocycles. The molecule has 0 saturated carbocycles. The zero-order valence-corrected chi connectivity index (χ0v) is 12.4. The predicted octanol–water partition coefficient (Wildman–Crippen LogP) is 2.31. The van der Waals surface area contributed by atoms with Crippen LogP contribution in [0.4, 0.5) is 0 Å². The Kier molecular flexibility index (Phi) is 6.68. The molecular formula is C13H21ClN2OS. The number of hydrogen-bond acceptors (Lipinski definition) is 3. The largest absolute Gasteiger partial charge is 0.342 e. The Hall–Kier alpha value is -0.580. The Morgan fingerprint density at radius 3 is 3.06 bits per heavy atom. The van der Waals surface area contributed by atoms with E-state index >= 15 is 0 Å². The van der Waals surface area contributed by atoms with E-state index in [1.165, 1.54) is 6.42 Å². The van der Waals surface area contributed by atoms with Gasteiger partial charge in [-0.1, -0.05) is 0 Å². The molecule has 1 aromatic heterocycles. The molecule has 1 saturated heterocycles. The number of halogens is 1. The molecule has 1 amide bonds.